The summed E-state index contributed by atoms with van der Waals surface area (Å²) in [6.45, 7) is 0.251. The van der Waals surface area contributed by atoms with Gasteiger partial charge in [0.2, 0.25) is 0 Å². The molecule has 0 saturated heterocycles. The van der Waals surface area contributed by atoms with Crippen LogP contribution in [0.1, 0.15) is 5.69 Å². The summed E-state index contributed by atoms with van der Waals surface area (Å²) in [7, 11) is 1.59. The maximum absolute atomic E-state index is 10.6. The lowest BCUT2D eigenvalue weighted by Gasteiger charge is -2.04. The number of imidazole rings is 1. The molecule has 6 nitrogen and oxygen atoms in total. The molecule has 0 amide bonds. The molecule has 0 fully saturated rings. The van der Waals surface area contributed by atoms with Crippen LogP contribution in [0.25, 0.3) is 0 Å². The maximum Gasteiger partial charge on any atom is 0.434 e. The lowest BCUT2D eigenvalue weighted by molar-refractivity contribution is -0.396. The fourth-order valence-electron chi connectivity index (χ4n) is 1.41. The molecule has 0 spiro atoms. The Balaban J connectivity index is 2.07. The number of hydrogen-bond donors (Lipinski definition) is 0. The van der Waals surface area contributed by atoms with Gasteiger partial charge in [0.1, 0.15) is 18.6 Å². The third-order valence-electron chi connectivity index (χ3n) is 2.35. The predicted octanol–water partition coefficient (Wildman–Crippen LogP) is 1.91. The summed E-state index contributed by atoms with van der Waals surface area (Å²) in [5.41, 5.74) is 0.653. The topological polar surface area (TPSA) is 70.2 Å². The second-order valence-electron chi connectivity index (χ2n) is 3.47. The van der Waals surface area contributed by atoms with Crippen LogP contribution in [-0.2, 0) is 13.7 Å². The van der Waals surface area contributed by atoms with Crippen LogP contribution in [0.3, 0.4) is 0 Å². The first-order valence-electron chi connectivity index (χ1n) is 5.01. The Morgan fingerprint density at radius 1 is 1.41 bits per heavy atom. The van der Waals surface area contributed by atoms with E-state index in [9.17, 15) is 10.1 Å². The third-order valence-corrected chi connectivity index (χ3v) is 2.35. The average Bonchev–Trinajstić information content (AvgIpc) is 2.69. The second-order valence-corrected chi connectivity index (χ2v) is 3.47. The highest BCUT2D eigenvalue weighted by Crippen LogP contribution is 2.14. The number of nitro groups is 1. The third kappa shape index (κ3) is 2.41. The highest BCUT2D eigenvalue weighted by molar-refractivity contribution is 5.22. The number of rotatable bonds is 4. The van der Waals surface area contributed by atoms with Crippen molar-refractivity contribution in [3.8, 4) is 5.75 Å². The molecule has 17 heavy (non-hydrogen) atoms. The summed E-state index contributed by atoms with van der Waals surface area (Å²) in [5, 5.41) is 10.6. The second kappa shape index (κ2) is 4.65. The van der Waals surface area contributed by atoms with Gasteiger partial charge in [-0.3, -0.25) is 0 Å². The van der Waals surface area contributed by atoms with Gasteiger partial charge in [0.15, 0.2) is 5.69 Å². The van der Waals surface area contributed by atoms with Crippen LogP contribution >= 0.6 is 0 Å². The van der Waals surface area contributed by atoms with Crippen molar-refractivity contribution in [2.75, 3.05) is 0 Å². The zero-order chi connectivity index (χ0) is 12.3. The van der Waals surface area contributed by atoms with Gasteiger partial charge in [-0.05, 0) is 17.1 Å². The SMILES string of the molecule is Cn1c(COc2ccccc2)cnc1[N+](=O)[O-]. The summed E-state index contributed by atoms with van der Waals surface area (Å²) in [6, 6.07) is 9.26. The van der Waals surface area contributed by atoms with Crippen molar-refractivity contribution >= 4 is 5.95 Å². The molecule has 0 atom stereocenters. The van der Waals surface area contributed by atoms with Gasteiger partial charge in [-0.25, -0.2) is 4.57 Å². The normalized spacial score (nSPS) is 10.2. The van der Waals surface area contributed by atoms with Gasteiger partial charge < -0.3 is 14.9 Å². The Morgan fingerprint density at radius 3 is 2.71 bits per heavy atom. The minimum atomic E-state index is -0.522. The first kappa shape index (κ1) is 11.1. The van der Waals surface area contributed by atoms with Crippen molar-refractivity contribution in [3.63, 3.8) is 0 Å². The number of benzene rings is 1. The summed E-state index contributed by atoms with van der Waals surface area (Å²) in [6.07, 6.45) is 1.45. The quantitative estimate of drug-likeness (QED) is 0.597. The Kier molecular flexibility index (Phi) is 3.04. The fraction of sp³-hybridized carbons (Fsp3) is 0.182. The lowest BCUT2D eigenvalue weighted by atomic mass is 10.3. The molecule has 0 N–H and O–H groups in total. The van der Waals surface area contributed by atoms with Crippen LogP contribution in [0.5, 0.6) is 5.75 Å². The number of hydrogen-bond acceptors (Lipinski definition) is 4. The smallest absolute Gasteiger partial charge is 0.434 e. The number of para-hydroxylation sites is 1. The highest BCUT2D eigenvalue weighted by atomic mass is 16.6. The molecular weight excluding hydrogens is 222 g/mol. The van der Waals surface area contributed by atoms with Gasteiger partial charge in [0, 0.05) is 0 Å². The largest absolute Gasteiger partial charge is 0.486 e. The minimum absolute atomic E-state index is 0.184. The lowest BCUT2D eigenvalue weighted by Crippen LogP contribution is -2.04. The zero-order valence-electron chi connectivity index (χ0n) is 9.24. The Labute approximate surface area is 97.6 Å². The van der Waals surface area contributed by atoms with E-state index in [0.29, 0.717) is 5.69 Å². The van der Waals surface area contributed by atoms with Gasteiger partial charge >= 0.3 is 5.95 Å². The van der Waals surface area contributed by atoms with E-state index in [1.807, 2.05) is 30.3 Å². The van der Waals surface area contributed by atoms with Crippen molar-refractivity contribution < 1.29 is 9.66 Å². The molecule has 2 rings (SSSR count). The molecule has 0 radical (unpaired) electrons. The van der Waals surface area contributed by atoms with Crippen LogP contribution in [-0.4, -0.2) is 14.5 Å². The van der Waals surface area contributed by atoms with Crippen molar-refractivity contribution in [3.05, 3.63) is 52.3 Å². The van der Waals surface area contributed by atoms with Crippen molar-refractivity contribution in [1.82, 2.24) is 9.55 Å². The molecule has 6 heteroatoms. The molecule has 0 bridgehead atoms. The van der Waals surface area contributed by atoms with Crippen LogP contribution in [0, 0.1) is 10.1 Å². The van der Waals surface area contributed by atoms with Crippen molar-refractivity contribution in [2.24, 2.45) is 7.05 Å². The van der Waals surface area contributed by atoms with E-state index >= 15 is 0 Å². The molecule has 1 aromatic carbocycles. The van der Waals surface area contributed by atoms with E-state index in [-0.39, 0.29) is 12.6 Å². The summed E-state index contributed by atoms with van der Waals surface area (Å²) in [5.74, 6) is 0.535. The molecule has 0 unspecified atom stereocenters. The molecule has 0 aliphatic heterocycles. The average molecular weight is 233 g/mol. The maximum atomic E-state index is 10.6. The summed E-state index contributed by atoms with van der Waals surface area (Å²) in [4.78, 5) is 13.8. The van der Waals surface area contributed by atoms with E-state index in [1.165, 1.54) is 10.8 Å². The Morgan fingerprint density at radius 2 is 2.12 bits per heavy atom. The van der Waals surface area contributed by atoms with Crippen LogP contribution in [0.2, 0.25) is 0 Å². The predicted molar refractivity (Wildman–Crippen MR) is 60.6 cm³/mol. The number of aromatic nitrogens is 2. The van der Waals surface area contributed by atoms with Gasteiger partial charge in [-0.1, -0.05) is 23.2 Å². The van der Waals surface area contributed by atoms with Crippen LogP contribution in [0.4, 0.5) is 5.95 Å². The van der Waals surface area contributed by atoms with Crippen molar-refractivity contribution in [2.45, 2.75) is 6.61 Å². The first-order chi connectivity index (χ1) is 8.18. The zero-order valence-corrected chi connectivity index (χ0v) is 9.24. The molecule has 1 aromatic heterocycles. The molecule has 88 valence electrons. The van der Waals surface area contributed by atoms with E-state index in [2.05, 4.69) is 4.98 Å². The number of nitrogens with zero attached hydrogens (tertiary/aromatic N) is 3. The Bertz CT molecular complexity index is 522. The summed E-state index contributed by atoms with van der Waals surface area (Å²) < 4.78 is 6.89. The molecule has 0 saturated carbocycles. The van der Waals surface area contributed by atoms with E-state index in [4.69, 9.17) is 4.74 Å². The summed E-state index contributed by atoms with van der Waals surface area (Å²) >= 11 is 0. The molecule has 0 aliphatic carbocycles. The molecule has 0 aliphatic rings. The van der Waals surface area contributed by atoms with Crippen LogP contribution in [0.15, 0.2) is 36.5 Å². The van der Waals surface area contributed by atoms with Gasteiger partial charge in [0.25, 0.3) is 0 Å². The van der Waals surface area contributed by atoms with E-state index in [1.54, 1.807) is 7.05 Å². The molecular formula is C11H11N3O3. The highest BCUT2D eigenvalue weighted by Gasteiger charge is 2.17. The minimum Gasteiger partial charge on any atom is -0.486 e. The van der Waals surface area contributed by atoms with Crippen LogP contribution < -0.4 is 4.74 Å². The molecule has 1 heterocycles. The van der Waals surface area contributed by atoms with Gasteiger partial charge in [-0.2, -0.15) is 0 Å². The number of ether oxygens (including phenoxy) is 1. The standard InChI is InChI=1S/C11H11N3O3/c1-13-9(7-12-11(13)14(15)16)8-17-10-5-3-2-4-6-10/h2-7H,8H2,1H3. The van der Waals surface area contributed by atoms with E-state index in [0.717, 1.165) is 5.75 Å². The van der Waals surface area contributed by atoms with Gasteiger partial charge in [0.05, 0.1) is 7.05 Å². The van der Waals surface area contributed by atoms with Gasteiger partial charge in [-0.15, -0.1) is 0 Å². The van der Waals surface area contributed by atoms with Crippen molar-refractivity contribution in [1.29, 1.82) is 0 Å². The molecule has 2 aromatic rings. The van der Waals surface area contributed by atoms with E-state index < -0.39 is 4.92 Å². The first-order valence-corrected chi connectivity index (χ1v) is 5.01. The monoisotopic (exact) mass is 233 g/mol. The fourth-order valence-corrected chi connectivity index (χ4v) is 1.41. The Hall–Kier alpha value is -2.37.